The number of hydrogen-bond acceptors (Lipinski definition) is 2. The maximum atomic E-state index is 11.6. The van der Waals surface area contributed by atoms with Gasteiger partial charge in [-0.15, -0.1) is 0 Å². The average Bonchev–Trinajstić information content (AvgIpc) is 2.56. The van der Waals surface area contributed by atoms with Crippen LogP contribution in [0.2, 0.25) is 0 Å². The third-order valence-electron chi connectivity index (χ3n) is 5.24. The number of ether oxygens (including phenoxy) is 1. The molecule has 6 unspecified atom stereocenters. The predicted molar refractivity (Wildman–Crippen MR) is 45.8 cm³/mol. The number of rotatable bonds is 0. The third-order valence-corrected chi connectivity index (χ3v) is 5.24. The number of hydrogen-bond donors (Lipinski definition) is 0. The first-order valence-electron chi connectivity index (χ1n) is 5.42. The molecule has 1 saturated heterocycles. The predicted octanol–water partition coefficient (Wildman–Crippen LogP) is 1.59. The highest BCUT2D eigenvalue weighted by Crippen LogP contribution is 2.78. The van der Waals surface area contributed by atoms with Crippen LogP contribution in [0.25, 0.3) is 0 Å². The quantitative estimate of drug-likeness (QED) is 0.526. The molecule has 0 aromatic rings. The van der Waals surface area contributed by atoms with Crippen LogP contribution in [0.1, 0.15) is 26.2 Å². The van der Waals surface area contributed by atoms with Crippen molar-refractivity contribution in [3.63, 3.8) is 0 Å². The first-order chi connectivity index (χ1) is 6.22. The van der Waals surface area contributed by atoms with E-state index >= 15 is 0 Å². The Bertz CT molecular complexity index is 311. The SMILES string of the molecule is CC12CCC3OC(=O)C4CC3C1C42. The molecule has 0 aromatic carbocycles. The molecule has 13 heavy (non-hydrogen) atoms. The normalized spacial score (nSPS) is 66.2. The van der Waals surface area contributed by atoms with Gasteiger partial charge in [-0.25, -0.2) is 0 Å². The zero-order valence-electron chi connectivity index (χ0n) is 7.82. The summed E-state index contributed by atoms with van der Waals surface area (Å²) in [5, 5.41) is 0. The number of carbonyl (C=O) groups is 1. The molecule has 70 valence electrons. The van der Waals surface area contributed by atoms with Gasteiger partial charge in [-0.1, -0.05) is 6.92 Å². The standard InChI is InChI=1S/C11H14O2/c1-11-3-2-7-5-4-6(10(12)13-7)9(11)8(5)11/h5-9H,2-4H2,1H3. The molecule has 0 spiro atoms. The summed E-state index contributed by atoms with van der Waals surface area (Å²) < 4.78 is 5.47. The molecule has 2 bridgehead atoms. The summed E-state index contributed by atoms with van der Waals surface area (Å²) in [4.78, 5) is 11.6. The fourth-order valence-corrected chi connectivity index (χ4v) is 4.70. The highest BCUT2D eigenvalue weighted by molar-refractivity contribution is 5.76. The minimum atomic E-state index is 0.122. The highest BCUT2D eigenvalue weighted by atomic mass is 16.5. The monoisotopic (exact) mass is 178 g/mol. The van der Waals surface area contributed by atoms with E-state index in [4.69, 9.17) is 4.74 Å². The summed E-state index contributed by atoms with van der Waals surface area (Å²) in [7, 11) is 0. The molecule has 0 aromatic heterocycles. The van der Waals surface area contributed by atoms with E-state index in [0.29, 0.717) is 17.4 Å². The fourth-order valence-electron chi connectivity index (χ4n) is 4.70. The molecule has 0 radical (unpaired) electrons. The first kappa shape index (κ1) is 6.86. The van der Waals surface area contributed by atoms with Gasteiger partial charge in [0, 0.05) is 5.92 Å². The van der Waals surface area contributed by atoms with Crippen molar-refractivity contribution in [1.82, 2.24) is 0 Å². The maximum Gasteiger partial charge on any atom is 0.309 e. The van der Waals surface area contributed by atoms with E-state index in [1.54, 1.807) is 0 Å². The van der Waals surface area contributed by atoms with Gasteiger partial charge in [0.2, 0.25) is 0 Å². The van der Waals surface area contributed by atoms with Crippen LogP contribution in [-0.4, -0.2) is 12.1 Å². The lowest BCUT2D eigenvalue weighted by Crippen LogP contribution is -2.42. The molecule has 1 heterocycles. The molecule has 2 heteroatoms. The van der Waals surface area contributed by atoms with Gasteiger partial charge in [-0.2, -0.15) is 0 Å². The minimum absolute atomic E-state index is 0.122. The van der Waals surface area contributed by atoms with Crippen LogP contribution in [0.5, 0.6) is 0 Å². The van der Waals surface area contributed by atoms with Gasteiger partial charge in [-0.05, 0) is 36.5 Å². The Hall–Kier alpha value is -0.530. The van der Waals surface area contributed by atoms with Gasteiger partial charge >= 0.3 is 5.97 Å². The van der Waals surface area contributed by atoms with E-state index < -0.39 is 0 Å². The Morgan fingerprint density at radius 3 is 3.15 bits per heavy atom. The minimum Gasteiger partial charge on any atom is -0.462 e. The molecule has 6 atom stereocenters. The Morgan fingerprint density at radius 1 is 1.46 bits per heavy atom. The smallest absolute Gasteiger partial charge is 0.309 e. The Labute approximate surface area is 77.6 Å². The number of carbonyl (C=O) groups excluding carboxylic acids is 1. The van der Waals surface area contributed by atoms with E-state index in [0.717, 1.165) is 24.7 Å². The topological polar surface area (TPSA) is 26.3 Å². The lowest BCUT2D eigenvalue weighted by atomic mass is 9.73. The third kappa shape index (κ3) is 0.544. The van der Waals surface area contributed by atoms with Crippen LogP contribution in [0.4, 0.5) is 0 Å². The lowest BCUT2D eigenvalue weighted by molar-refractivity contribution is -0.169. The van der Waals surface area contributed by atoms with E-state index in [9.17, 15) is 4.79 Å². The van der Waals surface area contributed by atoms with Gasteiger partial charge in [0.1, 0.15) is 6.10 Å². The Balaban J connectivity index is 1.86. The van der Waals surface area contributed by atoms with Gasteiger partial charge in [-0.3, -0.25) is 4.79 Å². The second-order valence-electron chi connectivity index (χ2n) is 5.58. The summed E-state index contributed by atoms with van der Waals surface area (Å²) >= 11 is 0. The van der Waals surface area contributed by atoms with Crippen LogP contribution >= 0.6 is 0 Å². The van der Waals surface area contributed by atoms with E-state index in [1.807, 2.05) is 0 Å². The van der Waals surface area contributed by atoms with Gasteiger partial charge in [0.15, 0.2) is 0 Å². The van der Waals surface area contributed by atoms with Crippen LogP contribution in [0, 0.1) is 29.1 Å². The molecular formula is C11H14O2. The average molecular weight is 178 g/mol. The van der Waals surface area contributed by atoms with Crippen LogP contribution in [-0.2, 0) is 9.53 Å². The fraction of sp³-hybridized carbons (Fsp3) is 0.909. The van der Waals surface area contributed by atoms with Crippen molar-refractivity contribution in [3.8, 4) is 0 Å². The van der Waals surface area contributed by atoms with Crippen molar-refractivity contribution in [2.45, 2.75) is 32.3 Å². The lowest BCUT2D eigenvalue weighted by Gasteiger charge is -2.39. The highest BCUT2D eigenvalue weighted by Gasteiger charge is 2.76. The summed E-state index contributed by atoms with van der Waals surface area (Å²) in [6.45, 7) is 2.39. The Kier molecular flexibility index (Phi) is 0.879. The van der Waals surface area contributed by atoms with Crippen molar-refractivity contribution < 1.29 is 9.53 Å². The summed E-state index contributed by atoms with van der Waals surface area (Å²) in [6.07, 6.45) is 3.88. The number of fused-ring (bicyclic) bond motifs is 3. The number of esters is 1. The molecule has 3 saturated carbocycles. The molecule has 4 fully saturated rings. The van der Waals surface area contributed by atoms with Crippen molar-refractivity contribution >= 4 is 5.97 Å². The van der Waals surface area contributed by atoms with Gasteiger partial charge in [0.05, 0.1) is 5.92 Å². The van der Waals surface area contributed by atoms with Crippen molar-refractivity contribution in [2.24, 2.45) is 29.1 Å². The van der Waals surface area contributed by atoms with E-state index in [2.05, 4.69) is 6.92 Å². The van der Waals surface area contributed by atoms with Crippen LogP contribution in [0.3, 0.4) is 0 Å². The molecule has 3 aliphatic carbocycles. The zero-order chi connectivity index (χ0) is 8.79. The molecule has 1 aliphatic heterocycles. The molecule has 4 rings (SSSR count). The van der Waals surface area contributed by atoms with Gasteiger partial charge in [0.25, 0.3) is 0 Å². The zero-order valence-corrected chi connectivity index (χ0v) is 7.82. The van der Waals surface area contributed by atoms with Crippen molar-refractivity contribution in [3.05, 3.63) is 0 Å². The van der Waals surface area contributed by atoms with Crippen molar-refractivity contribution in [1.29, 1.82) is 0 Å². The summed E-state index contributed by atoms with van der Waals surface area (Å²) in [5.74, 6) is 2.71. The molecule has 4 aliphatic rings. The van der Waals surface area contributed by atoms with E-state index in [1.165, 1.54) is 6.42 Å². The second-order valence-corrected chi connectivity index (χ2v) is 5.58. The molecule has 0 amide bonds. The summed E-state index contributed by atoms with van der Waals surface area (Å²) in [5.41, 5.74) is 0.545. The largest absolute Gasteiger partial charge is 0.462 e. The van der Waals surface area contributed by atoms with Gasteiger partial charge < -0.3 is 4.74 Å². The van der Waals surface area contributed by atoms with Crippen molar-refractivity contribution in [2.75, 3.05) is 0 Å². The first-order valence-corrected chi connectivity index (χ1v) is 5.42. The molecule has 2 nitrogen and oxygen atoms in total. The van der Waals surface area contributed by atoms with Crippen LogP contribution in [0.15, 0.2) is 0 Å². The Morgan fingerprint density at radius 2 is 2.31 bits per heavy atom. The molecular weight excluding hydrogens is 164 g/mol. The van der Waals surface area contributed by atoms with Crippen LogP contribution < -0.4 is 0 Å². The summed E-state index contributed by atoms with van der Waals surface area (Å²) in [6, 6.07) is 0. The maximum absolute atomic E-state index is 11.6. The second kappa shape index (κ2) is 1.67. The molecule has 0 N–H and O–H groups in total. The van der Waals surface area contributed by atoms with E-state index in [-0.39, 0.29) is 11.9 Å².